The number of aliphatic carboxylic acids is 1. The highest BCUT2D eigenvalue weighted by Crippen LogP contribution is 2.30. The SMILES string of the molecule is CS(=O)(=O)Nc1cccc(N(CC2CCCC2)C(=O)NC(Sc2cncs2)C(=O)O)c1. The van der Waals surface area contributed by atoms with E-state index < -0.39 is 27.4 Å². The van der Waals surface area contributed by atoms with Gasteiger partial charge >= 0.3 is 12.0 Å². The van der Waals surface area contributed by atoms with Crippen molar-refractivity contribution in [1.82, 2.24) is 10.3 Å². The zero-order chi connectivity index (χ0) is 22.4. The monoisotopic (exact) mass is 484 g/mol. The molecule has 2 aromatic rings. The summed E-state index contributed by atoms with van der Waals surface area (Å²) >= 11 is 2.30. The Morgan fingerprint density at radius 1 is 1.35 bits per heavy atom. The molecular weight excluding hydrogens is 460 g/mol. The molecule has 0 radical (unpaired) electrons. The quantitative estimate of drug-likeness (QED) is 0.367. The number of urea groups is 1. The summed E-state index contributed by atoms with van der Waals surface area (Å²) in [6.45, 7) is 0.422. The van der Waals surface area contributed by atoms with Gasteiger partial charge in [0.2, 0.25) is 10.0 Å². The number of carboxylic acids is 1. The van der Waals surface area contributed by atoms with Crippen LogP contribution in [0.2, 0.25) is 0 Å². The van der Waals surface area contributed by atoms with Gasteiger partial charge in [-0.2, -0.15) is 0 Å². The van der Waals surface area contributed by atoms with Crippen molar-refractivity contribution in [2.24, 2.45) is 5.92 Å². The molecule has 0 saturated heterocycles. The summed E-state index contributed by atoms with van der Waals surface area (Å²) in [6, 6.07) is 5.97. The Hall–Kier alpha value is -2.31. The lowest BCUT2D eigenvalue weighted by atomic mass is 10.1. The second-order valence-electron chi connectivity index (χ2n) is 7.29. The van der Waals surface area contributed by atoms with Crippen molar-refractivity contribution in [2.75, 3.05) is 22.4 Å². The molecule has 1 unspecified atom stereocenters. The van der Waals surface area contributed by atoms with E-state index in [1.807, 2.05) is 0 Å². The maximum absolute atomic E-state index is 13.2. The lowest BCUT2D eigenvalue weighted by Crippen LogP contribution is -2.48. The molecule has 12 heteroatoms. The molecule has 0 spiro atoms. The van der Waals surface area contributed by atoms with E-state index in [0.717, 1.165) is 43.7 Å². The van der Waals surface area contributed by atoms with E-state index in [4.69, 9.17) is 0 Å². The Morgan fingerprint density at radius 3 is 2.71 bits per heavy atom. The predicted octanol–water partition coefficient (Wildman–Crippen LogP) is 3.42. The van der Waals surface area contributed by atoms with Gasteiger partial charge in [-0.25, -0.2) is 18.0 Å². The molecule has 31 heavy (non-hydrogen) atoms. The van der Waals surface area contributed by atoms with Crippen molar-refractivity contribution in [3.05, 3.63) is 36.0 Å². The summed E-state index contributed by atoms with van der Waals surface area (Å²) in [5.41, 5.74) is 2.42. The molecule has 168 valence electrons. The van der Waals surface area contributed by atoms with Crippen LogP contribution in [0, 0.1) is 5.92 Å². The first-order valence-corrected chi connectivity index (χ1v) is 13.3. The number of hydrogen-bond acceptors (Lipinski definition) is 7. The average Bonchev–Trinajstić information content (AvgIpc) is 3.38. The van der Waals surface area contributed by atoms with Crippen molar-refractivity contribution in [3.8, 4) is 0 Å². The number of benzene rings is 1. The average molecular weight is 485 g/mol. The van der Waals surface area contributed by atoms with Crippen molar-refractivity contribution >= 4 is 56.5 Å². The number of sulfonamides is 1. The fourth-order valence-corrected chi connectivity index (χ4v) is 5.58. The number of thioether (sulfide) groups is 1. The van der Waals surface area contributed by atoms with Crippen LogP contribution in [-0.2, 0) is 14.8 Å². The molecule has 1 aliphatic carbocycles. The van der Waals surface area contributed by atoms with Gasteiger partial charge in [0, 0.05) is 12.2 Å². The molecule has 0 aliphatic heterocycles. The van der Waals surface area contributed by atoms with Gasteiger partial charge in [-0.1, -0.05) is 30.7 Å². The minimum Gasteiger partial charge on any atom is -0.479 e. The van der Waals surface area contributed by atoms with E-state index in [9.17, 15) is 23.1 Å². The summed E-state index contributed by atoms with van der Waals surface area (Å²) < 4.78 is 26.3. The Balaban J connectivity index is 1.82. The first kappa shape index (κ1) is 23.4. The summed E-state index contributed by atoms with van der Waals surface area (Å²) in [5.74, 6) is -0.866. The molecule has 1 saturated carbocycles. The summed E-state index contributed by atoms with van der Waals surface area (Å²) in [7, 11) is -3.48. The maximum Gasteiger partial charge on any atom is 0.337 e. The topological polar surface area (TPSA) is 129 Å². The summed E-state index contributed by atoms with van der Waals surface area (Å²) in [5, 5.41) is 11.0. The van der Waals surface area contributed by atoms with Crippen LogP contribution in [0.4, 0.5) is 16.2 Å². The van der Waals surface area contributed by atoms with Gasteiger partial charge < -0.3 is 10.4 Å². The zero-order valence-corrected chi connectivity index (χ0v) is 19.3. The van der Waals surface area contributed by atoms with E-state index in [2.05, 4.69) is 15.0 Å². The summed E-state index contributed by atoms with van der Waals surface area (Å²) in [4.78, 5) is 30.3. The number of aromatic nitrogens is 1. The number of nitrogens with one attached hydrogen (secondary N) is 2. The van der Waals surface area contributed by atoms with Crippen LogP contribution >= 0.6 is 23.1 Å². The summed E-state index contributed by atoms with van der Waals surface area (Å²) in [6.07, 6.45) is 6.76. The predicted molar refractivity (Wildman–Crippen MR) is 122 cm³/mol. The van der Waals surface area contributed by atoms with E-state index in [-0.39, 0.29) is 0 Å². The third kappa shape index (κ3) is 7.11. The van der Waals surface area contributed by atoms with E-state index in [0.29, 0.717) is 28.0 Å². The number of hydrogen-bond donors (Lipinski definition) is 3. The van der Waals surface area contributed by atoms with Gasteiger partial charge in [0.15, 0.2) is 5.37 Å². The van der Waals surface area contributed by atoms with Gasteiger partial charge in [-0.15, -0.1) is 11.3 Å². The number of carbonyl (C=O) groups is 2. The Kier molecular flexibility index (Phi) is 7.79. The highest BCUT2D eigenvalue weighted by atomic mass is 32.2. The molecule has 9 nitrogen and oxygen atoms in total. The van der Waals surface area contributed by atoms with Crippen LogP contribution in [-0.4, -0.2) is 48.7 Å². The molecule has 1 heterocycles. The molecule has 3 N–H and O–H groups in total. The molecule has 2 amide bonds. The first-order chi connectivity index (χ1) is 14.7. The Morgan fingerprint density at radius 2 is 2.10 bits per heavy atom. The van der Waals surface area contributed by atoms with Crippen LogP contribution < -0.4 is 14.9 Å². The van der Waals surface area contributed by atoms with Crippen LogP contribution in [0.25, 0.3) is 0 Å². The largest absolute Gasteiger partial charge is 0.479 e. The molecule has 1 aromatic heterocycles. The molecule has 1 atom stereocenters. The molecule has 1 aliphatic rings. The van der Waals surface area contributed by atoms with Crippen molar-refractivity contribution in [1.29, 1.82) is 0 Å². The standard InChI is InChI=1S/C19H24N4O5S3/c1-31(27,28)22-14-7-4-8-15(9-14)23(11-13-5-2-3-6-13)19(26)21-17(18(24)25)30-16-10-20-12-29-16/h4,7-10,12-13,17,22H,2-3,5-6,11H2,1H3,(H,21,26)(H,24,25). The van der Waals surface area contributed by atoms with E-state index in [1.165, 1.54) is 16.2 Å². The number of nitrogens with zero attached hydrogens (tertiary/aromatic N) is 2. The Bertz CT molecular complexity index is 1010. The highest BCUT2D eigenvalue weighted by molar-refractivity contribution is 8.02. The molecule has 3 rings (SSSR count). The smallest absolute Gasteiger partial charge is 0.337 e. The van der Waals surface area contributed by atoms with Gasteiger partial charge in [0.05, 0.1) is 27.9 Å². The Labute approximate surface area is 189 Å². The molecule has 1 fully saturated rings. The highest BCUT2D eigenvalue weighted by Gasteiger charge is 2.28. The van der Waals surface area contributed by atoms with Crippen LogP contribution in [0.1, 0.15) is 25.7 Å². The molecule has 1 aromatic carbocycles. The maximum atomic E-state index is 13.2. The molecule has 0 bridgehead atoms. The third-order valence-electron chi connectivity index (χ3n) is 4.74. The van der Waals surface area contributed by atoms with E-state index in [1.54, 1.807) is 36.0 Å². The van der Waals surface area contributed by atoms with Crippen molar-refractivity contribution < 1.29 is 23.1 Å². The number of carboxylic acid groups (broad SMARTS) is 1. The van der Waals surface area contributed by atoms with Gasteiger partial charge in [0.25, 0.3) is 0 Å². The lowest BCUT2D eigenvalue weighted by Gasteiger charge is -2.28. The number of anilines is 2. The lowest BCUT2D eigenvalue weighted by molar-refractivity contribution is -0.136. The third-order valence-corrected chi connectivity index (χ3v) is 7.39. The number of rotatable bonds is 9. The van der Waals surface area contributed by atoms with Crippen LogP contribution in [0.3, 0.4) is 0 Å². The first-order valence-electron chi connectivity index (χ1n) is 9.65. The second kappa shape index (κ2) is 10.3. The van der Waals surface area contributed by atoms with Crippen LogP contribution in [0.15, 0.2) is 40.2 Å². The fraction of sp³-hybridized carbons (Fsp3) is 0.421. The zero-order valence-electron chi connectivity index (χ0n) is 16.9. The van der Waals surface area contributed by atoms with E-state index >= 15 is 0 Å². The number of thiazole rings is 1. The second-order valence-corrected chi connectivity index (χ2v) is 11.3. The van der Waals surface area contributed by atoms with Crippen molar-refractivity contribution in [2.45, 2.75) is 35.3 Å². The van der Waals surface area contributed by atoms with Crippen LogP contribution in [0.5, 0.6) is 0 Å². The number of carbonyl (C=O) groups excluding carboxylic acids is 1. The minimum absolute atomic E-state index is 0.301. The van der Waals surface area contributed by atoms with Gasteiger partial charge in [0.1, 0.15) is 0 Å². The normalized spacial score (nSPS) is 15.4. The molecular formula is C19H24N4O5S3. The van der Waals surface area contributed by atoms with Gasteiger partial charge in [-0.3, -0.25) is 14.6 Å². The fourth-order valence-electron chi connectivity index (χ4n) is 3.42. The minimum atomic E-state index is -3.48. The van der Waals surface area contributed by atoms with Gasteiger partial charge in [-0.05, 0) is 37.0 Å². The van der Waals surface area contributed by atoms with Crippen molar-refractivity contribution in [3.63, 3.8) is 0 Å². The number of amides is 2.